The van der Waals surface area contributed by atoms with Gasteiger partial charge in [0.2, 0.25) is 5.75 Å². The van der Waals surface area contributed by atoms with Crippen molar-refractivity contribution < 1.29 is 23.4 Å². The van der Waals surface area contributed by atoms with Gasteiger partial charge in [-0.1, -0.05) is 6.42 Å². The Morgan fingerprint density at radius 1 is 1.15 bits per heavy atom. The summed E-state index contributed by atoms with van der Waals surface area (Å²) in [6.07, 6.45) is 6.43. The zero-order chi connectivity index (χ0) is 18.1. The fraction of sp³-hybridized carbons (Fsp3) is 0.500. The van der Waals surface area contributed by atoms with Crippen molar-refractivity contribution in [3.63, 3.8) is 0 Å². The highest BCUT2D eigenvalue weighted by molar-refractivity contribution is 6.10. The van der Waals surface area contributed by atoms with Gasteiger partial charge >= 0.3 is 0 Å². The maximum Gasteiger partial charge on any atom is 0.205 e. The fourth-order valence-electron chi connectivity index (χ4n) is 3.80. The summed E-state index contributed by atoms with van der Waals surface area (Å²) >= 11 is 0. The normalized spacial score (nSPS) is 16.4. The van der Waals surface area contributed by atoms with E-state index >= 15 is 0 Å². The molecule has 6 nitrogen and oxygen atoms in total. The number of hydrogen-bond donors (Lipinski definition) is 1. The van der Waals surface area contributed by atoms with E-state index in [0.717, 1.165) is 29.4 Å². The Labute approximate surface area is 164 Å². The maximum absolute atomic E-state index is 10.4. The molecule has 1 atom stereocenters. The molecule has 1 unspecified atom stereocenters. The fourth-order valence-corrected chi connectivity index (χ4v) is 3.80. The van der Waals surface area contributed by atoms with Gasteiger partial charge in [-0.05, 0) is 44.5 Å². The highest BCUT2D eigenvalue weighted by Crippen LogP contribution is 2.45. The largest absolute Gasteiger partial charge is 0.490 e. The number of fused-ring (bicyclic) bond motifs is 3. The van der Waals surface area contributed by atoms with E-state index in [9.17, 15) is 5.11 Å². The van der Waals surface area contributed by atoms with Crippen LogP contribution >= 0.6 is 12.4 Å². The standard InChI is InChI=1S/C20H25NO5.ClH/c1-13-11-25-17-15-6-9-24-18(15)20(23-2)19(16(13)17)26-12-14(22)10-21-7-4-3-5-8-21;/h6,9,11,14,22H,3-5,7-8,10,12H2,1-2H3;1H. The van der Waals surface area contributed by atoms with E-state index in [4.69, 9.17) is 18.3 Å². The lowest BCUT2D eigenvalue weighted by Crippen LogP contribution is -2.38. The summed E-state index contributed by atoms with van der Waals surface area (Å²) in [7, 11) is 1.59. The topological polar surface area (TPSA) is 68.2 Å². The summed E-state index contributed by atoms with van der Waals surface area (Å²) in [5, 5.41) is 12.2. The number of piperidine rings is 1. The molecule has 1 aromatic carbocycles. The van der Waals surface area contributed by atoms with Crippen molar-refractivity contribution in [2.45, 2.75) is 32.3 Å². The number of aliphatic hydroxyl groups is 1. The van der Waals surface area contributed by atoms with Crippen LogP contribution in [0, 0.1) is 6.92 Å². The third-order valence-corrected chi connectivity index (χ3v) is 5.07. The SMILES string of the molecule is COc1c(OCC(O)CN2CCCCC2)c2c(C)coc2c2ccoc12.Cl. The van der Waals surface area contributed by atoms with Crippen LogP contribution in [0.5, 0.6) is 11.5 Å². The van der Waals surface area contributed by atoms with E-state index in [-0.39, 0.29) is 19.0 Å². The molecule has 0 amide bonds. The number of likely N-dealkylation sites (tertiary alicyclic amines) is 1. The zero-order valence-corrected chi connectivity index (χ0v) is 16.5. The Hall–Kier alpha value is -1.89. The summed E-state index contributed by atoms with van der Waals surface area (Å²) < 4.78 is 22.9. The molecule has 3 aromatic rings. The maximum atomic E-state index is 10.4. The van der Waals surface area contributed by atoms with E-state index < -0.39 is 6.10 Å². The molecular formula is C20H26ClNO5. The molecule has 0 spiro atoms. The molecule has 0 saturated carbocycles. The second-order valence-corrected chi connectivity index (χ2v) is 6.97. The molecule has 1 aliphatic rings. The van der Waals surface area contributed by atoms with Gasteiger partial charge in [-0.25, -0.2) is 0 Å². The predicted octanol–water partition coefficient (Wildman–Crippen LogP) is 4.14. The lowest BCUT2D eigenvalue weighted by Gasteiger charge is -2.28. The summed E-state index contributed by atoms with van der Waals surface area (Å²) in [4.78, 5) is 2.29. The molecule has 1 saturated heterocycles. The highest BCUT2D eigenvalue weighted by atomic mass is 35.5. The second-order valence-electron chi connectivity index (χ2n) is 6.97. The van der Waals surface area contributed by atoms with Gasteiger partial charge in [-0.3, -0.25) is 0 Å². The minimum absolute atomic E-state index is 0. The number of aliphatic hydroxyl groups excluding tert-OH is 1. The van der Waals surface area contributed by atoms with Crippen LogP contribution in [0.2, 0.25) is 0 Å². The molecule has 0 radical (unpaired) electrons. The molecule has 148 valence electrons. The number of methoxy groups -OCH3 is 1. The first-order valence-corrected chi connectivity index (χ1v) is 9.17. The number of ether oxygens (including phenoxy) is 2. The van der Waals surface area contributed by atoms with E-state index in [1.807, 2.05) is 13.0 Å². The van der Waals surface area contributed by atoms with Crippen molar-refractivity contribution in [3.8, 4) is 11.5 Å². The molecule has 2 aromatic heterocycles. The molecule has 7 heteroatoms. The quantitative estimate of drug-likeness (QED) is 0.676. The van der Waals surface area contributed by atoms with Crippen molar-refractivity contribution in [1.82, 2.24) is 4.90 Å². The number of β-amino-alcohol motifs (C(OH)–C–C–N with tert-alkyl or cyclic N) is 1. The van der Waals surface area contributed by atoms with Crippen LogP contribution in [-0.4, -0.2) is 49.5 Å². The average molecular weight is 396 g/mol. The molecule has 3 heterocycles. The van der Waals surface area contributed by atoms with E-state index in [1.165, 1.54) is 19.3 Å². The van der Waals surface area contributed by atoms with Gasteiger partial charge in [0.25, 0.3) is 0 Å². The predicted molar refractivity (Wildman–Crippen MR) is 106 cm³/mol. The average Bonchev–Trinajstić information content (AvgIpc) is 3.27. The van der Waals surface area contributed by atoms with Crippen molar-refractivity contribution >= 4 is 34.3 Å². The molecule has 0 aliphatic carbocycles. The lowest BCUT2D eigenvalue weighted by atomic mass is 10.1. The van der Waals surface area contributed by atoms with Gasteiger partial charge in [0.15, 0.2) is 11.3 Å². The molecule has 4 rings (SSSR count). The van der Waals surface area contributed by atoms with Crippen LogP contribution < -0.4 is 9.47 Å². The van der Waals surface area contributed by atoms with Gasteiger partial charge in [0.05, 0.1) is 30.4 Å². The Kier molecular flexibility index (Phi) is 6.19. The first-order chi connectivity index (χ1) is 12.7. The molecule has 27 heavy (non-hydrogen) atoms. The number of furan rings is 2. The third-order valence-electron chi connectivity index (χ3n) is 5.07. The number of benzene rings is 1. The molecule has 1 fully saturated rings. The van der Waals surface area contributed by atoms with E-state index in [2.05, 4.69) is 4.90 Å². The first-order valence-electron chi connectivity index (χ1n) is 9.17. The number of rotatable bonds is 6. The van der Waals surface area contributed by atoms with Gasteiger partial charge in [0, 0.05) is 6.54 Å². The second kappa shape index (κ2) is 8.42. The van der Waals surface area contributed by atoms with Crippen LogP contribution in [0.15, 0.2) is 27.4 Å². The van der Waals surface area contributed by atoms with Crippen LogP contribution in [0.3, 0.4) is 0 Å². The Morgan fingerprint density at radius 3 is 2.67 bits per heavy atom. The van der Waals surface area contributed by atoms with Crippen LogP contribution in [0.4, 0.5) is 0 Å². The molecule has 1 aliphatic heterocycles. The Morgan fingerprint density at radius 2 is 1.93 bits per heavy atom. The zero-order valence-electron chi connectivity index (χ0n) is 15.7. The van der Waals surface area contributed by atoms with E-state index in [1.54, 1.807) is 19.6 Å². The summed E-state index contributed by atoms with van der Waals surface area (Å²) in [5.74, 6) is 1.10. The number of halogens is 1. The van der Waals surface area contributed by atoms with E-state index in [0.29, 0.717) is 29.2 Å². The Balaban J connectivity index is 0.00000210. The summed E-state index contributed by atoms with van der Waals surface area (Å²) in [6.45, 7) is 4.87. The van der Waals surface area contributed by atoms with Crippen LogP contribution in [-0.2, 0) is 0 Å². The highest BCUT2D eigenvalue weighted by Gasteiger charge is 2.24. The number of aryl methyl sites for hydroxylation is 1. The minimum Gasteiger partial charge on any atom is -0.490 e. The summed E-state index contributed by atoms with van der Waals surface area (Å²) in [5.41, 5.74) is 2.27. The monoisotopic (exact) mass is 395 g/mol. The number of nitrogens with zero attached hydrogens (tertiary/aromatic N) is 1. The molecule has 1 N–H and O–H groups in total. The molecule has 0 bridgehead atoms. The smallest absolute Gasteiger partial charge is 0.205 e. The lowest BCUT2D eigenvalue weighted by molar-refractivity contribution is 0.0614. The number of hydrogen-bond acceptors (Lipinski definition) is 6. The third kappa shape index (κ3) is 3.74. The van der Waals surface area contributed by atoms with Gasteiger partial charge < -0.3 is 28.3 Å². The van der Waals surface area contributed by atoms with Crippen molar-refractivity contribution in [1.29, 1.82) is 0 Å². The molecular weight excluding hydrogens is 370 g/mol. The van der Waals surface area contributed by atoms with Gasteiger partial charge in [0.1, 0.15) is 18.3 Å². The Bertz CT molecular complexity index is 897. The summed E-state index contributed by atoms with van der Waals surface area (Å²) in [6, 6.07) is 1.86. The van der Waals surface area contributed by atoms with Crippen LogP contribution in [0.25, 0.3) is 21.9 Å². The van der Waals surface area contributed by atoms with Crippen molar-refractivity contribution in [2.75, 3.05) is 33.4 Å². The van der Waals surface area contributed by atoms with Crippen molar-refractivity contribution in [3.05, 3.63) is 24.2 Å². The van der Waals surface area contributed by atoms with Crippen LogP contribution in [0.1, 0.15) is 24.8 Å². The van der Waals surface area contributed by atoms with Gasteiger partial charge in [-0.15, -0.1) is 12.4 Å². The minimum atomic E-state index is -0.563. The van der Waals surface area contributed by atoms with Crippen molar-refractivity contribution in [2.24, 2.45) is 0 Å². The van der Waals surface area contributed by atoms with Gasteiger partial charge in [-0.2, -0.15) is 0 Å². The first kappa shape index (κ1) is 19.9.